The molecule has 0 bridgehead atoms. The number of ether oxygens (including phenoxy) is 1. The minimum absolute atomic E-state index is 0.103. The maximum atomic E-state index is 12.8. The van der Waals surface area contributed by atoms with Crippen molar-refractivity contribution in [1.29, 1.82) is 0 Å². The fraction of sp³-hybridized carbons (Fsp3) is 0.636. The van der Waals surface area contributed by atoms with E-state index in [0.717, 1.165) is 58.8 Å². The molecule has 0 aliphatic carbocycles. The Morgan fingerprint density at radius 3 is 2.52 bits per heavy atom. The van der Waals surface area contributed by atoms with E-state index in [0.29, 0.717) is 23.6 Å². The molecule has 0 radical (unpaired) electrons. The number of nitrogens with zero attached hydrogens (tertiary/aromatic N) is 2. The van der Waals surface area contributed by atoms with Gasteiger partial charge in [0, 0.05) is 56.3 Å². The van der Waals surface area contributed by atoms with Crippen molar-refractivity contribution in [2.75, 3.05) is 52.5 Å². The van der Waals surface area contributed by atoms with Crippen LogP contribution in [-0.2, 0) is 9.53 Å². The van der Waals surface area contributed by atoms with E-state index in [1.54, 1.807) is 24.3 Å². The van der Waals surface area contributed by atoms with Crippen molar-refractivity contribution in [3.05, 3.63) is 34.9 Å². The first kappa shape index (κ1) is 23.6. The third-order valence-electron chi connectivity index (χ3n) is 5.15. The van der Waals surface area contributed by atoms with Crippen LogP contribution in [0.1, 0.15) is 49.4 Å². The van der Waals surface area contributed by atoms with Crippen molar-refractivity contribution >= 4 is 23.4 Å². The molecule has 162 valence electrons. The van der Waals surface area contributed by atoms with Crippen LogP contribution in [0, 0.1) is 0 Å². The number of rotatable bonds is 12. The monoisotopic (exact) mass is 423 g/mol. The molecule has 7 heteroatoms. The molecule has 1 aromatic rings. The van der Waals surface area contributed by atoms with Crippen LogP contribution in [0.4, 0.5) is 0 Å². The van der Waals surface area contributed by atoms with Crippen LogP contribution in [0.15, 0.2) is 24.3 Å². The molecule has 0 spiro atoms. The third kappa shape index (κ3) is 9.15. The highest BCUT2D eigenvalue weighted by Gasteiger charge is 2.17. The molecule has 2 rings (SSSR count). The van der Waals surface area contributed by atoms with Crippen LogP contribution in [0.2, 0.25) is 5.02 Å². The van der Waals surface area contributed by atoms with Crippen LogP contribution in [-0.4, -0.2) is 74.1 Å². The lowest BCUT2D eigenvalue weighted by Gasteiger charge is -2.30. The Balaban J connectivity index is 1.77. The lowest BCUT2D eigenvalue weighted by atomic mass is 10.2. The first-order valence-electron chi connectivity index (χ1n) is 10.7. The lowest BCUT2D eigenvalue weighted by molar-refractivity contribution is -0.131. The Morgan fingerprint density at radius 1 is 1.10 bits per heavy atom. The van der Waals surface area contributed by atoms with Crippen molar-refractivity contribution in [3.8, 4) is 0 Å². The zero-order valence-corrected chi connectivity index (χ0v) is 18.3. The number of unbranched alkanes of at least 4 members (excludes halogenated alkanes) is 3. The molecule has 1 saturated heterocycles. The van der Waals surface area contributed by atoms with Gasteiger partial charge in [-0.2, -0.15) is 0 Å². The van der Waals surface area contributed by atoms with Gasteiger partial charge in [0.05, 0.1) is 13.2 Å². The minimum Gasteiger partial charge on any atom is -0.379 e. The summed E-state index contributed by atoms with van der Waals surface area (Å²) in [5, 5.41) is 3.42. The number of hydrogen-bond donors (Lipinski definition) is 1. The van der Waals surface area contributed by atoms with E-state index >= 15 is 0 Å². The summed E-state index contributed by atoms with van der Waals surface area (Å²) in [4.78, 5) is 29.2. The van der Waals surface area contributed by atoms with Crippen LogP contribution in [0.25, 0.3) is 0 Å². The second kappa shape index (κ2) is 13.6. The summed E-state index contributed by atoms with van der Waals surface area (Å²) < 4.78 is 5.39. The van der Waals surface area contributed by atoms with E-state index in [9.17, 15) is 9.59 Å². The quantitative estimate of drug-likeness (QED) is 0.524. The summed E-state index contributed by atoms with van der Waals surface area (Å²) in [6.45, 7) is 8.30. The van der Waals surface area contributed by atoms with E-state index in [4.69, 9.17) is 16.3 Å². The van der Waals surface area contributed by atoms with Gasteiger partial charge in [0.2, 0.25) is 5.91 Å². The van der Waals surface area contributed by atoms with Crippen LogP contribution in [0.3, 0.4) is 0 Å². The number of nitrogens with one attached hydrogen (secondary N) is 1. The molecule has 1 N–H and O–H groups in total. The SMILES string of the molecule is CCCCCCN(CCN1CCOCC1)C(=O)CCNC(=O)c1ccc(Cl)cc1. The van der Waals surface area contributed by atoms with Crippen LogP contribution in [0.5, 0.6) is 0 Å². The predicted octanol–water partition coefficient (Wildman–Crippen LogP) is 3.20. The molecule has 0 saturated carbocycles. The summed E-state index contributed by atoms with van der Waals surface area (Å²) >= 11 is 5.85. The van der Waals surface area contributed by atoms with Crippen molar-refractivity contribution in [1.82, 2.24) is 15.1 Å². The first-order chi connectivity index (χ1) is 14.1. The maximum Gasteiger partial charge on any atom is 0.251 e. The molecular formula is C22H34ClN3O3. The standard InChI is InChI=1S/C22H34ClN3O3/c1-2-3-4-5-12-26(14-13-25-15-17-29-18-16-25)21(27)10-11-24-22(28)19-6-8-20(23)9-7-19/h6-9H,2-5,10-18H2,1H3,(H,24,28). The number of morpholine rings is 1. The fourth-order valence-corrected chi connectivity index (χ4v) is 3.45. The van der Waals surface area contributed by atoms with Gasteiger partial charge in [-0.3, -0.25) is 14.5 Å². The number of carbonyl (C=O) groups excluding carboxylic acids is 2. The molecule has 2 amide bonds. The molecule has 0 atom stereocenters. The molecule has 1 aliphatic rings. The molecule has 6 nitrogen and oxygen atoms in total. The topological polar surface area (TPSA) is 61.9 Å². The molecule has 1 aromatic carbocycles. The summed E-state index contributed by atoms with van der Waals surface area (Å²) in [5.41, 5.74) is 0.547. The molecule has 1 aliphatic heterocycles. The van der Waals surface area contributed by atoms with Crippen molar-refractivity contribution in [2.24, 2.45) is 0 Å². The molecule has 1 fully saturated rings. The molecule has 0 aromatic heterocycles. The Kier molecular flexibility index (Phi) is 11.1. The van der Waals surface area contributed by atoms with Crippen molar-refractivity contribution in [3.63, 3.8) is 0 Å². The second-order valence-electron chi connectivity index (χ2n) is 7.41. The van der Waals surface area contributed by atoms with Gasteiger partial charge in [-0.15, -0.1) is 0 Å². The molecule has 29 heavy (non-hydrogen) atoms. The third-order valence-corrected chi connectivity index (χ3v) is 5.41. The Hall–Kier alpha value is -1.63. The van der Waals surface area contributed by atoms with E-state index in [-0.39, 0.29) is 11.8 Å². The largest absolute Gasteiger partial charge is 0.379 e. The van der Waals surface area contributed by atoms with Gasteiger partial charge in [0.15, 0.2) is 0 Å². The molecular weight excluding hydrogens is 390 g/mol. The van der Waals surface area contributed by atoms with E-state index in [1.807, 2.05) is 4.90 Å². The van der Waals surface area contributed by atoms with Gasteiger partial charge in [-0.1, -0.05) is 37.8 Å². The van der Waals surface area contributed by atoms with E-state index in [2.05, 4.69) is 17.1 Å². The summed E-state index contributed by atoms with van der Waals surface area (Å²) in [6.07, 6.45) is 4.86. The number of benzene rings is 1. The van der Waals surface area contributed by atoms with Gasteiger partial charge in [-0.25, -0.2) is 0 Å². The van der Waals surface area contributed by atoms with Crippen molar-refractivity contribution < 1.29 is 14.3 Å². The zero-order chi connectivity index (χ0) is 20.9. The normalized spacial score (nSPS) is 14.6. The van der Waals surface area contributed by atoms with Gasteiger partial charge in [0.25, 0.3) is 5.91 Å². The van der Waals surface area contributed by atoms with Gasteiger partial charge < -0.3 is 15.0 Å². The van der Waals surface area contributed by atoms with Crippen LogP contribution >= 0.6 is 11.6 Å². The number of carbonyl (C=O) groups is 2. The van der Waals surface area contributed by atoms with Crippen molar-refractivity contribution in [2.45, 2.75) is 39.0 Å². The molecule has 1 heterocycles. The molecule has 0 unspecified atom stereocenters. The summed E-state index contributed by atoms with van der Waals surface area (Å²) in [7, 11) is 0. The van der Waals surface area contributed by atoms with Gasteiger partial charge >= 0.3 is 0 Å². The predicted molar refractivity (Wildman–Crippen MR) is 116 cm³/mol. The summed E-state index contributed by atoms with van der Waals surface area (Å²) in [5.74, 6) is -0.0801. The fourth-order valence-electron chi connectivity index (χ4n) is 3.32. The van der Waals surface area contributed by atoms with Gasteiger partial charge in [-0.05, 0) is 30.7 Å². The maximum absolute atomic E-state index is 12.8. The Labute approximate surface area is 179 Å². The van der Waals surface area contributed by atoms with E-state index < -0.39 is 0 Å². The Bertz CT molecular complexity index is 618. The zero-order valence-electron chi connectivity index (χ0n) is 17.5. The average Bonchev–Trinajstić information content (AvgIpc) is 2.74. The highest BCUT2D eigenvalue weighted by atomic mass is 35.5. The number of halogens is 1. The smallest absolute Gasteiger partial charge is 0.251 e. The number of hydrogen-bond acceptors (Lipinski definition) is 4. The average molecular weight is 424 g/mol. The highest BCUT2D eigenvalue weighted by molar-refractivity contribution is 6.30. The number of amides is 2. The second-order valence-corrected chi connectivity index (χ2v) is 7.84. The summed E-state index contributed by atoms with van der Waals surface area (Å²) in [6, 6.07) is 6.74. The Morgan fingerprint density at radius 2 is 1.83 bits per heavy atom. The van der Waals surface area contributed by atoms with Crippen LogP contribution < -0.4 is 5.32 Å². The lowest BCUT2D eigenvalue weighted by Crippen LogP contribution is -2.44. The van der Waals surface area contributed by atoms with Gasteiger partial charge in [0.1, 0.15) is 0 Å². The van der Waals surface area contributed by atoms with E-state index in [1.165, 1.54) is 12.8 Å². The minimum atomic E-state index is -0.183. The first-order valence-corrected chi connectivity index (χ1v) is 11.1. The highest BCUT2D eigenvalue weighted by Crippen LogP contribution is 2.09.